The van der Waals surface area contributed by atoms with Gasteiger partial charge in [0.25, 0.3) is 0 Å². The van der Waals surface area contributed by atoms with Gasteiger partial charge in [0, 0.05) is 57.8 Å². The van der Waals surface area contributed by atoms with E-state index in [0.29, 0.717) is 0 Å². The van der Waals surface area contributed by atoms with Crippen molar-refractivity contribution in [2.45, 2.75) is 0 Å². The summed E-state index contributed by atoms with van der Waals surface area (Å²) >= 11 is 0. The van der Waals surface area contributed by atoms with Crippen molar-refractivity contribution in [1.82, 2.24) is 9.97 Å². The summed E-state index contributed by atoms with van der Waals surface area (Å²) in [5.41, 5.74) is 14.5. The fraction of sp³-hybridized carbons (Fsp3) is 0. The van der Waals surface area contributed by atoms with Crippen LogP contribution in [0.2, 0.25) is 0 Å². The molecule has 0 saturated heterocycles. The third-order valence-corrected chi connectivity index (χ3v) is 10.8. The highest BCUT2D eigenvalue weighted by Gasteiger charge is 2.19. The number of pyridine rings is 2. The molecule has 0 unspecified atom stereocenters. The second-order valence-corrected chi connectivity index (χ2v) is 14.3. The summed E-state index contributed by atoms with van der Waals surface area (Å²) in [5.74, 6) is 0. The lowest BCUT2D eigenvalue weighted by molar-refractivity contribution is 1.28. The zero-order chi connectivity index (χ0) is 38.7. The molecule has 0 bridgehead atoms. The first-order chi connectivity index (χ1) is 28.8. The lowest BCUT2D eigenvalue weighted by Gasteiger charge is -2.28. The van der Waals surface area contributed by atoms with Gasteiger partial charge < -0.3 is 9.80 Å². The van der Waals surface area contributed by atoms with Crippen LogP contribution >= 0.6 is 0 Å². The van der Waals surface area contributed by atoms with Gasteiger partial charge in [-0.3, -0.25) is 9.97 Å². The zero-order valence-electron chi connectivity index (χ0n) is 31.7. The lowest BCUT2D eigenvalue weighted by Crippen LogP contribution is -2.10. The smallest absolute Gasteiger partial charge is 0.0702 e. The number of hydrogen-bond donors (Lipinski definition) is 0. The minimum Gasteiger partial charge on any atom is -0.311 e. The number of nitrogens with zero attached hydrogens (tertiary/aromatic N) is 4. The summed E-state index contributed by atoms with van der Waals surface area (Å²) in [4.78, 5) is 13.5. The summed E-state index contributed by atoms with van der Waals surface area (Å²) in [6.07, 6.45) is 5.56. The van der Waals surface area contributed by atoms with Crippen LogP contribution in [0.4, 0.5) is 34.1 Å². The number of para-hydroxylation sites is 2. The monoisotopic (exact) mass is 742 g/mol. The van der Waals surface area contributed by atoms with Crippen molar-refractivity contribution < 1.29 is 0 Å². The Morgan fingerprint density at radius 3 is 1.62 bits per heavy atom. The van der Waals surface area contributed by atoms with Crippen molar-refractivity contribution in [1.29, 1.82) is 0 Å². The van der Waals surface area contributed by atoms with Crippen LogP contribution in [0.3, 0.4) is 0 Å². The molecule has 10 aromatic rings. The molecule has 4 heteroatoms. The van der Waals surface area contributed by atoms with Crippen LogP contribution in [-0.4, -0.2) is 9.97 Å². The highest BCUT2D eigenvalue weighted by atomic mass is 15.1. The van der Waals surface area contributed by atoms with Gasteiger partial charge in [0.15, 0.2) is 0 Å². The summed E-state index contributed by atoms with van der Waals surface area (Å²) in [5, 5.41) is 3.51. The molecule has 0 amide bonds. The van der Waals surface area contributed by atoms with E-state index in [1.165, 1.54) is 21.9 Å². The minimum absolute atomic E-state index is 0.998. The van der Waals surface area contributed by atoms with E-state index in [0.717, 1.165) is 67.3 Å². The largest absolute Gasteiger partial charge is 0.311 e. The Kier molecular flexibility index (Phi) is 9.18. The highest BCUT2D eigenvalue weighted by Crippen LogP contribution is 2.43. The first kappa shape index (κ1) is 34.7. The molecule has 274 valence electrons. The van der Waals surface area contributed by atoms with Gasteiger partial charge in [0.2, 0.25) is 0 Å². The SMILES string of the molecule is c1ccc(N(c2ccc(-c3cccnc3)cc2)c2ccc(-c3cccc(N(c4ccccc4)c4ccc(-c5ccc6ncccc6c5)c5ccccc45)c3)cc2)cc1. The standard InChI is InChI=1S/C54H38N4/c1-3-15-45(16-4-1)57(48-29-24-40(25-30-48)44-14-10-34-55-38-44)47-27-22-39(23-28-47)41-12-9-19-49(37-41)58(46-17-5-2-6-18-46)54-33-31-50(51-20-7-8-21-52(51)54)42-26-32-53-43(36-42)13-11-35-56-53/h1-38H. The molecule has 0 aliphatic rings. The average Bonchev–Trinajstić information content (AvgIpc) is 3.31. The van der Waals surface area contributed by atoms with Crippen LogP contribution < -0.4 is 9.80 Å². The maximum absolute atomic E-state index is 4.55. The van der Waals surface area contributed by atoms with Crippen LogP contribution in [0.5, 0.6) is 0 Å². The Labute approximate surface area is 338 Å². The van der Waals surface area contributed by atoms with Gasteiger partial charge in [-0.25, -0.2) is 0 Å². The van der Waals surface area contributed by atoms with Crippen LogP contribution in [0, 0.1) is 0 Å². The van der Waals surface area contributed by atoms with E-state index in [9.17, 15) is 0 Å². The second kappa shape index (κ2) is 15.4. The normalized spacial score (nSPS) is 11.1. The van der Waals surface area contributed by atoms with Crippen LogP contribution in [0.1, 0.15) is 0 Å². The van der Waals surface area contributed by atoms with Crippen molar-refractivity contribution in [2.24, 2.45) is 0 Å². The molecule has 0 atom stereocenters. The van der Waals surface area contributed by atoms with E-state index in [2.05, 4.69) is 220 Å². The van der Waals surface area contributed by atoms with Crippen LogP contribution in [-0.2, 0) is 0 Å². The summed E-state index contributed by atoms with van der Waals surface area (Å²) in [6, 6.07) is 75.6. The van der Waals surface area contributed by atoms with Crippen LogP contribution in [0.15, 0.2) is 231 Å². The average molecular weight is 743 g/mol. The van der Waals surface area contributed by atoms with Gasteiger partial charge in [-0.15, -0.1) is 0 Å². The number of hydrogen-bond acceptors (Lipinski definition) is 4. The minimum atomic E-state index is 0.998. The van der Waals surface area contributed by atoms with Crippen molar-refractivity contribution >= 4 is 55.8 Å². The van der Waals surface area contributed by atoms with E-state index >= 15 is 0 Å². The van der Waals surface area contributed by atoms with E-state index in [1.807, 2.05) is 24.5 Å². The third-order valence-electron chi connectivity index (χ3n) is 10.8. The molecular formula is C54H38N4. The zero-order valence-corrected chi connectivity index (χ0v) is 31.7. The van der Waals surface area contributed by atoms with Crippen molar-refractivity contribution in [3.8, 4) is 33.4 Å². The first-order valence-electron chi connectivity index (χ1n) is 19.6. The molecule has 58 heavy (non-hydrogen) atoms. The highest BCUT2D eigenvalue weighted by molar-refractivity contribution is 6.07. The van der Waals surface area contributed by atoms with Crippen molar-refractivity contribution in [3.05, 3.63) is 231 Å². The second-order valence-electron chi connectivity index (χ2n) is 14.3. The number of rotatable bonds is 9. The van der Waals surface area contributed by atoms with Gasteiger partial charge >= 0.3 is 0 Å². The van der Waals surface area contributed by atoms with Gasteiger partial charge in [0.1, 0.15) is 0 Å². The fourth-order valence-corrected chi connectivity index (χ4v) is 7.97. The topological polar surface area (TPSA) is 32.3 Å². The molecule has 0 N–H and O–H groups in total. The van der Waals surface area contributed by atoms with E-state index < -0.39 is 0 Å². The maximum Gasteiger partial charge on any atom is 0.0702 e. The molecule has 0 radical (unpaired) electrons. The molecular weight excluding hydrogens is 705 g/mol. The van der Waals surface area contributed by atoms with Gasteiger partial charge in [-0.2, -0.15) is 0 Å². The molecule has 0 saturated carbocycles. The van der Waals surface area contributed by atoms with E-state index in [-0.39, 0.29) is 0 Å². The quantitative estimate of drug-likeness (QED) is 0.147. The Hall–Kier alpha value is -7.82. The molecule has 0 aliphatic carbocycles. The number of benzene rings is 8. The van der Waals surface area contributed by atoms with Crippen LogP contribution in [0.25, 0.3) is 55.1 Å². The molecule has 2 aromatic heterocycles. The predicted octanol–water partition coefficient (Wildman–Crippen LogP) is 14.7. The van der Waals surface area contributed by atoms with E-state index in [1.54, 1.807) is 6.20 Å². The molecule has 8 aromatic carbocycles. The first-order valence-corrected chi connectivity index (χ1v) is 19.6. The number of fused-ring (bicyclic) bond motifs is 2. The molecule has 0 aliphatic heterocycles. The Morgan fingerprint density at radius 2 is 0.914 bits per heavy atom. The Balaban J connectivity index is 1.02. The maximum atomic E-state index is 4.55. The predicted molar refractivity (Wildman–Crippen MR) is 243 cm³/mol. The molecule has 0 spiro atoms. The summed E-state index contributed by atoms with van der Waals surface area (Å²) in [6.45, 7) is 0. The number of aromatic nitrogens is 2. The fourth-order valence-electron chi connectivity index (χ4n) is 7.97. The Morgan fingerprint density at radius 1 is 0.328 bits per heavy atom. The third kappa shape index (κ3) is 6.74. The molecule has 4 nitrogen and oxygen atoms in total. The molecule has 0 fully saturated rings. The number of anilines is 6. The van der Waals surface area contributed by atoms with Gasteiger partial charge in [-0.05, 0) is 130 Å². The van der Waals surface area contributed by atoms with Gasteiger partial charge in [-0.1, -0.05) is 121 Å². The molecule has 10 rings (SSSR count). The Bertz CT molecular complexity index is 2980. The van der Waals surface area contributed by atoms with E-state index in [4.69, 9.17) is 0 Å². The summed E-state index contributed by atoms with van der Waals surface area (Å²) < 4.78 is 0. The molecule has 2 heterocycles. The summed E-state index contributed by atoms with van der Waals surface area (Å²) in [7, 11) is 0. The van der Waals surface area contributed by atoms with Crippen molar-refractivity contribution in [2.75, 3.05) is 9.80 Å². The van der Waals surface area contributed by atoms with Crippen molar-refractivity contribution in [3.63, 3.8) is 0 Å². The van der Waals surface area contributed by atoms with Gasteiger partial charge in [0.05, 0.1) is 11.2 Å². The lowest BCUT2D eigenvalue weighted by atomic mass is 9.95.